The predicted octanol–water partition coefficient (Wildman–Crippen LogP) is 2.99. The van der Waals surface area contributed by atoms with Crippen molar-refractivity contribution >= 4 is 29.1 Å². The van der Waals surface area contributed by atoms with Gasteiger partial charge in [-0.15, -0.1) is 10.2 Å². The van der Waals surface area contributed by atoms with Crippen molar-refractivity contribution in [2.45, 2.75) is 25.2 Å². The molecular formula is C17H24ClN5OS. The predicted molar refractivity (Wildman–Crippen MR) is 102 cm³/mol. The standard InChI is InChI=1S/C17H24ClN5OS/c1-2-23-16(13-19-15-6-4-3-5-14(15)18)20-21-17(23)25-12-9-22-7-10-24-11-8-22/h3-6,19H,2,7-13H2,1H3. The van der Waals surface area contributed by atoms with Crippen molar-refractivity contribution in [1.82, 2.24) is 19.7 Å². The summed E-state index contributed by atoms with van der Waals surface area (Å²) in [7, 11) is 0. The highest BCUT2D eigenvalue weighted by Crippen LogP contribution is 2.22. The summed E-state index contributed by atoms with van der Waals surface area (Å²) in [4.78, 5) is 2.43. The number of hydrogen-bond donors (Lipinski definition) is 1. The fourth-order valence-corrected chi connectivity index (χ4v) is 3.97. The second-order valence-electron chi connectivity index (χ2n) is 5.78. The number of halogens is 1. The number of nitrogens with one attached hydrogen (secondary N) is 1. The highest BCUT2D eigenvalue weighted by molar-refractivity contribution is 7.99. The number of morpholine rings is 1. The maximum Gasteiger partial charge on any atom is 0.191 e. The first-order valence-electron chi connectivity index (χ1n) is 8.61. The van der Waals surface area contributed by atoms with Crippen LogP contribution >= 0.6 is 23.4 Å². The first kappa shape index (κ1) is 18.5. The van der Waals surface area contributed by atoms with E-state index in [0.29, 0.717) is 11.6 Å². The summed E-state index contributed by atoms with van der Waals surface area (Å²) in [5.74, 6) is 1.94. The monoisotopic (exact) mass is 381 g/mol. The summed E-state index contributed by atoms with van der Waals surface area (Å²) in [6.45, 7) is 8.36. The topological polar surface area (TPSA) is 55.2 Å². The number of rotatable bonds is 8. The third-order valence-electron chi connectivity index (χ3n) is 4.16. The third-order valence-corrected chi connectivity index (χ3v) is 5.44. The SMILES string of the molecule is CCn1c(CNc2ccccc2Cl)nnc1SCCN1CCOCC1. The molecule has 0 aliphatic carbocycles. The lowest BCUT2D eigenvalue weighted by molar-refractivity contribution is 0.0410. The lowest BCUT2D eigenvalue weighted by atomic mass is 10.3. The summed E-state index contributed by atoms with van der Waals surface area (Å²) in [5.41, 5.74) is 0.913. The Morgan fingerprint density at radius 3 is 2.80 bits per heavy atom. The van der Waals surface area contributed by atoms with Crippen LogP contribution in [-0.4, -0.2) is 58.3 Å². The van der Waals surface area contributed by atoms with E-state index in [1.807, 2.05) is 24.3 Å². The molecule has 136 valence electrons. The molecule has 2 aromatic rings. The second kappa shape index (κ2) is 9.43. The molecule has 1 aliphatic heterocycles. The van der Waals surface area contributed by atoms with E-state index >= 15 is 0 Å². The number of thioether (sulfide) groups is 1. The van der Waals surface area contributed by atoms with Crippen LogP contribution in [0.1, 0.15) is 12.7 Å². The fraction of sp³-hybridized carbons (Fsp3) is 0.529. The molecule has 3 rings (SSSR count). The molecule has 0 radical (unpaired) electrons. The van der Waals surface area contributed by atoms with Crippen molar-refractivity contribution in [2.24, 2.45) is 0 Å². The number of anilines is 1. The van der Waals surface area contributed by atoms with Gasteiger partial charge in [-0.2, -0.15) is 0 Å². The molecular weight excluding hydrogens is 358 g/mol. The Balaban J connectivity index is 1.54. The molecule has 2 heterocycles. The van der Waals surface area contributed by atoms with Gasteiger partial charge in [-0.05, 0) is 19.1 Å². The smallest absolute Gasteiger partial charge is 0.191 e. The minimum atomic E-state index is 0.606. The summed E-state index contributed by atoms with van der Waals surface area (Å²) in [6.07, 6.45) is 0. The average Bonchev–Trinajstić information content (AvgIpc) is 3.04. The van der Waals surface area contributed by atoms with E-state index in [9.17, 15) is 0 Å². The molecule has 6 nitrogen and oxygen atoms in total. The van der Waals surface area contributed by atoms with Gasteiger partial charge in [0.25, 0.3) is 0 Å². The van der Waals surface area contributed by atoms with Gasteiger partial charge in [0, 0.05) is 31.9 Å². The van der Waals surface area contributed by atoms with Crippen LogP contribution in [0, 0.1) is 0 Å². The van der Waals surface area contributed by atoms with Gasteiger partial charge in [-0.25, -0.2) is 0 Å². The van der Waals surface area contributed by atoms with Gasteiger partial charge < -0.3 is 14.6 Å². The van der Waals surface area contributed by atoms with E-state index in [4.69, 9.17) is 16.3 Å². The zero-order valence-electron chi connectivity index (χ0n) is 14.4. The lowest BCUT2D eigenvalue weighted by Crippen LogP contribution is -2.37. The zero-order valence-corrected chi connectivity index (χ0v) is 16.0. The summed E-state index contributed by atoms with van der Waals surface area (Å²) < 4.78 is 7.55. The molecule has 0 spiro atoms. The van der Waals surface area contributed by atoms with Gasteiger partial charge in [0.15, 0.2) is 11.0 Å². The van der Waals surface area contributed by atoms with Crippen molar-refractivity contribution in [2.75, 3.05) is 43.9 Å². The van der Waals surface area contributed by atoms with Crippen LogP contribution < -0.4 is 5.32 Å². The van der Waals surface area contributed by atoms with Crippen molar-refractivity contribution in [3.05, 3.63) is 35.1 Å². The lowest BCUT2D eigenvalue weighted by Gasteiger charge is -2.26. The van der Waals surface area contributed by atoms with Crippen molar-refractivity contribution in [1.29, 1.82) is 0 Å². The van der Waals surface area contributed by atoms with Gasteiger partial charge in [0.2, 0.25) is 0 Å². The molecule has 1 aliphatic rings. The Morgan fingerprint density at radius 2 is 2.04 bits per heavy atom. The van der Waals surface area contributed by atoms with Gasteiger partial charge in [0.1, 0.15) is 0 Å². The molecule has 1 fully saturated rings. The van der Waals surface area contributed by atoms with Crippen LogP contribution in [0.15, 0.2) is 29.4 Å². The third kappa shape index (κ3) is 5.10. The number of ether oxygens (including phenoxy) is 1. The summed E-state index contributed by atoms with van der Waals surface area (Å²) in [6, 6.07) is 7.73. The molecule has 0 saturated carbocycles. The van der Waals surface area contributed by atoms with E-state index in [2.05, 4.69) is 31.9 Å². The van der Waals surface area contributed by atoms with E-state index in [1.165, 1.54) is 0 Å². The Kier molecular flexibility index (Phi) is 6.98. The molecule has 8 heteroatoms. The van der Waals surface area contributed by atoms with Gasteiger partial charge in [-0.1, -0.05) is 35.5 Å². The molecule has 1 aromatic heterocycles. The normalized spacial score (nSPS) is 15.4. The summed E-state index contributed by atoms with van der Waals surface area (Å²) in [5, 5.41) is 13.7. The van der Waals surface area contributed by atoms with Crippen molar-refractivity contribution in [3.8, 4) is 0 Å². The Labute approximate surface area is 157 Å². The van der Waals surface area contributed by atoms with E-state index < -0.39 is 0 Å². The molecule has 25 heavy (non-hydrogen) atoms. The maximum absolute atomic E-state index is 6.19. The second-order valence-corrected chi connectivity index (χ2v) is 7.25. The molecule has 1 aromatic carbocycles. The zero-order chi connectivity index (χ0) is 17.5. The molecule has 0 atom stereocenters. The maximum atomic E-state index is 6.19. The Hall–Kier alpha value is -1.28. The van der Waals surface area contributed by atoms with E-state index in [1.54, 1.807) is 11.8 Å². The molecule has 0 unspecified atom stereocenters. The van der Waals surface area contributed by atoms with Crippen LogP contribution in [-0.2, 0) is 17.8 Å². The minimum Gasteiger partial charge on any atom is -0.379 e. The number of nitrogens with zero attached hydrogens (tertiary/aromatic N) is 4. The average molecular weight is 382 g/mol. The van der Waals surface area contributed by atoms with Gasteiger partial charge in [-0.3, -0.25) is 4.90 Å². The molecule has 0 amide bonds. The largest absolute Gasteiger partial charge is 0.379 e. The van der Waals surface area contributed by atoms with Crippen LogP contribution in [0.4, 0.5) is 5.69 Å². The minimum absolute atomic E-state index is 0.606. The first-order chi connectivity index (χ1) is 12.3. The highest BCUT2D eigenvalue weighted by atomic mass is 35.5. The number of para-hydroxylation sites is 1. The number of aromatic nitrogens is 3. The molecule has 0 bridgehead atoms. The molecule has 1 N–H and O–H groups in total. The van der Waals surface area contributed by atoms with Gasteiger partial charge >= 0.3 is 0 Å². The fourth-order valence-electron chi connectivity index (χ4n) is 2.74. The van der Waals surface area contributed by atoms with Crippen molar-refractivity contribution in [3.63, 3.8) is 0 Å². The summed E-state index contributed by atoms with van der Waals surface area (Å²) >= 11 is 7.95. The quantitative estimate of drug-likeness (QED) is 0.709. The Bertz CT molecular complexity index is 675. The first-order valence-corrected chi connectivity index (χ1v) is 9.97. The number of benzene rings is 1. The molecule has 1 saturated heterocycles. The highest BCUT2D eigenvalue weighted by Gasteiger charge is 2.14. The van der Waals surface area contributed by atoms with E-state index in [-0.39, 0.29) is 0 Å². The van der Waals surface area contributed by atoms with Crippen LogP contribution in [0.2, 0.25) is 5.02 Å². The van der Waals surface area contributed by atoms with E-state index in [0.717, 1.165) is 61.8 Å². The van der Waals surface area contributed by atoms with Crippen molar-refractivity contribution < 1.29 is 4.74 Å². The van der Waals surface area contributed by atoms with Crippen LogP contribution in [0.5, 0.6) is 0 Å². The number of hydrogen-bond acceptors (Lipinski definition) is 6. The van der Waals surface area contributed by atoms with Crippen LogP contribution in [0.3, 0.4) is 0 Å². The van der Waals surface area contributed by atoms with Gasteiger partial charge in [0.05, 0.1) is 30.5 Å². The Morgan fingerprint density at radius 1 is 1.24 bits per heavy atom. The van der Waals surface area contributed by atoms with Crippen LogP contribution in [0.25, 0.3) is 0 Å².